The van der Waals surface area contributed by atoms with Crippen molar-refractivity contribution < 1.29 is 4.74 Å². The molecule has 0 atom stereocenters. The van der Waals surface area contributed by atoms with E-state index >= 15 is 0 Å². The Morgan fingerprint density at radius 3 is 2.45 bits per heavy atom. The number of ether oxygens (including phenoxy) is 1. The molecule has 0 amide bonds. The predicted octanol–water partition coefficient (Wildman–Crippen LogP) is 3.58. The topological polar surface area (TPSA) is 55.0 Å². The van der Waals surface area contributed by atoms with Gasteiger partial charge < -0.3 is 9.72 Å². The summed E-state index contributed by atoms with van der Waals surface area (Å²) in [4.78, 5) is 18.7. The molecule has 1 aromatic carbocycles. The molecule has 0 unspecified atom stereocenters. The van der Waals surface area contributed by atoms with Gasteiger partial charge in [-0.25, -0.2) is 4.98 Å². The second-order valence-corrected chi connectivity index (χ2v) is 4.85. The lowest BCUT2D eigenvalue weighted by Crippen LogP contribution is -2.08. The number of rotatable bonds is 4. The van der Waals surface area contributed by atoms with Crippen LogP contribution in [0.15, 0.2) is 40.3 Å². The van der Waals surface area contributed by atoms with Gasteiger partial charge in [-0.1, -0.05) is 32.5 Å². The third-order valence-corrected chi connectivity index (χ3v) is 3.14. The van der Waals surface area contributed by atoms with Crippen LogP contribution in [0.3, 0.4) is 0 Å². The molecule has 0 saturated heterocycles. The molecule has 1 heterocycles. The summed E-state index contributed by atoms with van der Waals surface area (Å²) in [6.45, 7) is 6.02. The van der Waals surface area contributed by atoms with Crippen molar-refractivity contribution in [2.75, 3.05) is 12.9 Å². The second-order valence-electron chi connectivity index (χ2n) is 3.60. The van der Waals surface area contributed by atoms with E-state index in [1.807, 2.05) is 45.0 Å². The van der Waals surface area contributed by atoms with Gasteiger partial charge in [0.25, 0.3) is 5.56 Å². The standard InChI is InChI=1S/C13H14N2O2S.C2H6/c1-3-18-13-14-11(8-12(16)15-13)9-4-6-10(17-2)7-5-9;1-2/h4-8H,3H2,1-2H3,(H,14,15,16);1-2H3. The fourth-order valence-corrected chi connectivity index (χ4v) is 2.16. The zero-order valence-corrected chi connectivity index (χ0v) is 13.1. The Balaban J connectivity index is 0.000000956. The summed E-state index contributed by atoms with van der Waals surface area (Å²) < 4.78 is 5.10. The molecule has 1 aromatic heterocycles. The SMILES string of the molecule is CC.CCSc1nc(-c2ccc(OC)cc2)cc(=O)[nH]1. The van der Waals surface area contributed by atoms with Crippen molar-refractivity contribution in [3.05, 3.63) is 40.7 Å². The molecule has 0 spiro atoms. The van der Waals surface area contributed by atoms with Gasteiger partial charge in [-0.3, -0.25) is 4.79 Å². The maximum atomic E-state index is 11.5. The highest BCUT2D eigenvalue weighted by Gasteiger charge is 2.04. The molecule has 20 heavy (non-hydrogen) atoms. The van der Waals surface area contributed by atoms with Crippen molar-refractivity contribution in [1.29, 1.82) is 0 Å². The number of hydrogen-bond acceptors (Lipinski definition) is 4. The maximum absolute atomic E-state index is 11.5. The lowest BCUT2D eigenvalue weighted by atomic mass is 10.1. The minimum absolute atomic E-state index is 0.133. The Hall–Kier alpha value is -1.75. The van der Waals surface area contributed by atoms with E-state index in [2.05, 4.69) is 9.97 Å². The smallest absolute Gasteiger partial charge is 0.252 e. The molecule has 2 rings (SSSR count). The first-order valence-corrected chi connectivity index (χ1v) is 7.60. The van der Waals surface area contributed by atoms with E-state index < -0.39 is 0 Å². The van der Waals surface area contributed by atoms with Gasteiger partial charge in [0.05, 0.1) is 12.8 Å². The first-order chi connectivity index (χ1) is 9.72. The van der Waals surface area contributed by atoms with E-state index in [9.17, 15) is 4.79 Å². The first kappa shape index (κ1) is 16.3. The van der Waals surface area contributed by atoms with Crippen molar-refractivity contribution >= 4 is 11.8 Å². The van der Waals surface area contributed by atoms with E-state index in [1.54, 1.807) is 7.11 Å². The lowest BCUT2D eigenvalue weighted by molar-refractivity contribution is 0.415. The van der Waals surface area contributed by atoms with Crippen LogP contribution in [0, 0.1) is 0 Å². The van der Waals surface area contributed by atoms with Gasteiger partial charge in [-0.15, -0.1) is 0 Å². The Labute approximate surface area is 123 Å². The number of nitrogens with zero attached hydrogens (tertiary/aromatic N) is 1. The van der Waals surface area contributed by atoms with Crippen LogP contribution in [-0.2, 0) is 0 Å². The quantitative estimate of drug-likeness (QED) is 0.691. The summed E-state index contributed by atoms with van der Waals surface area (Å²) in [6, 6.07) is 8.99. The molecule has 0 aliphatic rings. The van der Waals surface area contributed by atoms with Crippen molar-refractivity contribution in [3.63, 3.8) is 0 Å². The van der Waals surface area contributed by atoms with Crippen molar-refractivity contribution in [2.24, 2.45) is 0 Å². The van der Waals surface area contributed by atoms with E-state index in [0.29, 0.717) is 10.9 Å². The highest BCUT2D eigenvalue weighted by Crippen LogP contribution is 2.21. The summed E-state index contributed by atoms with van der Waals surface area (Å²) in [5, 5.41) is 0.649. The summed E-state index contributed by atoms with van der Waals surface area (Å²) in [7, 11) is 1.62. The number of benzene rings is 1. The number of methoxy groups -OCH3 is 1. The summed E-state index contributed by atoms with van der Waals surface area (Å²) in [6.07, 6.45) is 0. The number of nitrogens with one attached hydrogen (secondary N) is 1. The van der Waals surface area contributed by atoms with Gasteiger partial charge in [-0.2, -0.15) is 0 Å². The molecule has 0 aliphatic heterocycles. The minimum atomic E-state index is -0.133. The molecule has 4 nitrogen and oxygen atoms in total. The summed E-state index contributed by atoms with van der Waals surface area (Å²) in [5.41, 5.74) is 1.45. The molecule has 1 N–H and O–H groups in total. The van der Waals surface area contributed by atoms with E-state index in [-0.39, 0.29) is 5.56 Å². The van der Waals surface area contributed by atoms with E-state index in [1.165, 1.54) is 17.8 Å². The van der Waals surface area contributed by atoms with Crippen molar-refractivity contribution in [3.8, 4) is 17.0 Å². The molecule has 2 aromatic rings. The zero-order chi connectivity index (χ0) is 15.0. The molecular weight excluding hydrogens is 272 g/mol. The van der Waals surface area contributed by atoms with Gasteiger partial charge in [0.1, 0.15) is 5.75 Å². The molecule has 108 valence electrons. The Morgan fingerprint density at radius 2 is 1.90 bits per heavy atom. The third-order valence-electron chi connectivity index (χ3n) is 2.39. The Kier molecular flexibility index (Phi) is 6.87. The van der Waals surface area contributed by atoms with Crippen LogP contribution in [0.1, 0.15) is 20.8 Å². The molecule has 5 heteroatoms. The van der Waals surface area contributed by atoms with Gasteiger partial charge in [0, 0.05) is 11.6 Å². The highest BCUT2D eigenvalue weighted by molar-refractivity contribution is 7.99. The normalized spacial score (nSPS) is 9.60. The Bertz CT molecular complexity index is 579. The van der Waals surface area contributed by atoms with E-state index in [4.69, 9.17) is 4.74 Å². The monoisotopic (exact) mass is 292 g/mol. The molecule has 0 fully saturated rings. The number of thioether (sulfide) groups is 1. The van der Waals surface area contributed by atoms with Crippen LogP contribution in [0.4, 0.5) is 0 Å². The average molecular weight is 292 g/mol. The number of aromatic nitrogens is 2. The highest BCUT2D eigenvalue weighted by atomic mass is 32.2. The van der Waals surface area contributed by atoms with Crippen LogP contribution in [-0.4, -0.2) is 22.8 Å². The Morgan fingerprint density at radius 1 is 1.25 bits per heavy atom. The van der Waals surface area contributed by atoms with Crippen LogP contribution in [0.2, 0.25) is 0 Å². The van der Waals surface area contributed by atoms with Crippen LogP contribution < -0.4 is 10.3 Å². The van der Waals surface area contributed by atoms with Crippen LogP contribution in [0.5, 0.6) is 5.75 Å². The summed E-state index contributed by atoms with van der Waals surface area (Å²) in [5.74, 6) is 1.65. The van der Waals surface area contributed by atoms with Crippen molar-refractivity contribution in [2.45, 2.75) is 25.9 Å². The molecular formula is C15H20N2O2S. The molecule has 0 aliphatic carbocycles. The number of hydrogen-bond donors (Lipinski definition) is 1. The second kappa shape index (κ2) is 8.43. The zero-order valence-electron chi connectivity index (χ0n) is 12.3. The third kappa shape index (κ3) is 4.42. The summed E-state index contributed by atoms with van der Waals surface area (Å²) >= 11 is 1.51. The fraction of sp³-hybridized carbons (Fsp3) is 0.333. The average Bonchev–Trinajstić information content (AvgIpc) is 2.49. The largest absolute Gasteiger partial charge is 0.497 e. The predicted molar refractivity (Wildman–Crippen MR) is 84.6 cm³/mol. The van der Waals surface area contributed by atoms with E-state index in [0.717, 1.165) is 17.1 Å². The van der Waals surface area contributed by atoms with Gasteiger partial charge in [0.15, 0.2) is 5.16 Å². The first-order valence-electron chi connectivity index (χ1n) is 6.61. The fourth-order valence-electron chi connectivity index (χ4n) is 1.55. The number of H-pyrrole nitrogens is 1. The van der Waals surface area contributed by atoms with Crippen molar-refractivity contribution in [1.82, 2.24) is 9.97 Å². The van der Waals surface area contributed by atoms with Crippen LogP contribution >= 0.6 is 11.8 Å². The van der Waals surface area contributed by atoms with Crippen LogP contribution in [0.25, 0.3) is 11.3 Å². The van der Waals surface area contributed by atoms with Gasteiger partial charge in [0.2, 0.25) is 0 Å². The van der Waals surface area contributed by atoms with Gasteiger partial charge in [-0.05, 0) is 30.0 Å². The molecule has 0 saturated carbocycles. The number of aromatic amines is 1. The maximum Gasteiger partial charge on any atom is 0.252 e. The minimum Gasteiger partial charge on any atom is -0.497 e. The molecule has 0 radical (unpaired) electrons. The van der Waals surface area contributed by atoms with Gasteiger partial charge >= 0.3 is 0 Å². The molecule has 0 bridgehead atoms. The lowest BCUT2D eigenvalue weighted by Gasteiger charge is -2.04.